The van der Waals surface area contributed by atoms with E-state index in [2.05, 4.69) is 30.3 Å². The van der Waals surface area contributed by atoms with E-state index in [0.717, 1.165) is 22.3 Å². The highest BCUT2D eigenvalue weighted by atomic mass is 14.7. The van der Waals surface area contributed by atoms with Crippen molar-refractivity contribution in [3.05, 3.63) is 49.2 Å². The van der Waals surface area contributed by atoms with Gasteiger partial charge in [-0.2, -0.15) is 0 Å². The summed E-state index contributed by atoms with van der Waals surface area (Å²) in [5.74, 6) is 0. The quantitative estimate of drug-likeness (QED) is 0.538. The fourth-order valence-corrected chi connectivity index (χ4v) is 1.12. The molecule has 1 heterocycles. The summed E-state index contributed by atoms with van der Waals surface area (Å²) >= 11 is 0. The Kier molecular flexibility index (Phi) is 6.39. The molecule has 84 valence electrons. The third kappa shape index (κ3) is 3.62. The third-order valence-electron chi connectivity index (χ3n) is 1.69. The Bertz CT molecular complexity index is 394. The lowest BCUT2D eigenvalue weighted by Gasteiger charge is -1.95. The first-order chi connectivity index (χ1) is 7.75. The Morgan fingerprint density at radius 2 is 1.81 bits per heavy atom. The summed E-state index contributed by atoms with van der Waals surface area (Å²) in [5, 5.41) is 0.917. The van der Waals surface area contributed by atoms with Gasteiger partial charge in [0.1, 0.15) is 0 Å². The predicted octanol–water partition coefficient (Wildman–Crippen LogP) is 3.55. The summed E-state index contributed by atoms with van der Waals surface area (Å²) < 4.78 is 0. The van der Waals surface area contributed by atoms with Crippen molar-refractivity contribution in [1.29, 1.82) is 0 Å². The Hall–Kier alpha value is -2.01. The predicted molar refractivity (Wildman–Crippen MR) is 71.2 cm³/mol. The molecule has 0 saturated heterocycles. The largest absolute Gasteiger partial charge is 0.399 e. The molecule has 0 spiro atoms. The lowest BCUT2D eigenvalue weighted by molar-refractivity contribution is 1.26. The van der Waals surface area contributed by atoms with Gasteiger partial charge >= 0.3 is 0 Å². The van der Waals surface area contributed by atoms with Crippen LogP contribution in [0.3, 0.4) is 0 Å². The van der Waals surface area contributed by atoms with E-state index in [1.54, 1.807) is 0 Å². The van der Waals surface area contributed by atoms with E-state index >= 15 is 0 Å². The van der Waals surface area contributed by atoms with Gasteiger partial charge in [-0.3, -0.25) is 0 Å². The van der Waals surface area contributed by atoms with Gasteiger partial charge in [-0.15, -0.1) is 13.2 Å². The molecule has 16 heavy (non-hydrogen) atoms. The van der Waals surface area contributed by atoms with Crippen molar-refractivity contribution in [2.75, 3.05) is 5.73 Å². The Morgan fingerprint density at radius 3 is 2.44 bits per heavy atom. The third-order valence-corrected chi connectivity index (χ3v) is 1.69. The molecule has 0 aliphatic carbocycles. The van der Waals surface area contributed by atoms with E-state index in [1.165, 1.54) is 0 Å². The maximum Gasteiger partial charge on any atom is 0.0879 e. The minimum absolute atomic E-state index is 0.734. The molecule has 2 heteroatoms. The summed E-state index contributed by atoms with van der Waals surface area (Å²) in [6.45, 7) is 11.9. The van der Waals surface area contributed by atoms with Crippen LogP contribution in [0.5, 0.6) is 0 Å². The van der Waals surface area contributed by atoms with Crippen LogP contribution >= 0.6 is 0 Å². The average molecular weight is 214 g/mol. The molecule has 0 atom stereocenters. The second-order valence-corrected chi connectivity index (χ2v) is 2.72. The van der Waals surface area contributed by atoms with Crippen LogP contribution in [0.15, 0.2) is 31.4 Å². The average Bonchev–Trinajstić information content (AvgIpc) is 2.35. The van der Waals surface area contributed by atoms with Gasteiger partial charge in [-0.05, 0) is 31.2 Å². The number of rotatable bonds is 0. The van der Waals surface area contributed by atoms with E-state index in [-0.39, 0.29) is 0 Å². The number of nitrogens with zero attached hydrogens (tertiary/aromatic N) is 1. The molecule has 2 N–H and O–H groups in total. The summed E-state index contributed by atoms with van der Waals surface area (Å²) in [7, 11) is 0. The topological polar surface area (TPSA) is 38.9 Å². The zero-order valence-corrected chi connectivity index (χ0v) is 10.2. The van der Waals surface area contributed by atoms with Gasteiger partial charge in [0.2, 0.25) is 0 Å². The molecular weight excluding hydrogens is 196 g/mol. The summed E-state index contributed by atoms with van der Waals surface area (Å²) in [4.78, 5) is 4.27. The van der Waals surface area contributed by atoms with Crippen LogP contribution < -0.4 is 5.73 Å². The van der Waals surface area contributed by atoms with Crippen molar-refractivity contribution in [1.82, 2.24) is 4.98 Å². The first-order valence-electron chi connectivity index (χ1n) is 5.22. The van der Waals surface area contributed by atoms with Gasteiger partial charge in [0.05, 0.1) is 16.6 Å². The fraction of sp³-hybridized carbons (Fsp3) is 0.214. The van der Waals surface area contributed by atoms with E-state index < -0.39 is 0 Å². The van der Waals surface area contributed by atoms with Crippen molar-refractivity contribution >= 4 is 16.6 Å². The van der Waals surface area contributed by atoms with Gasteiger partial charge in [0, 0.05) is 5.69 Å². The number of aromatic nitrogens is 1. The molecule has 0 aliphatic rings. The molecule has 2 nitrogen and oxygen atoms in total. The normalized spacial score (nSPS) is 7.94. The molecule has 0 radical (unpaired) electrons. The number of nitrogen functional groups attached to an aromatic ring is 1. The highest BCUT2D eigenvalue weighted by Crippen LogP contribution is 2.12. The standard InChI is InChI=1S/C10H8N2.C2H6.C2H4/c1-7-2-3-8-6-9(11)4-5-10(8)12-7;2*1-2/h4-6H,11H2,1H3;1-2H3;1-2H2. The van der Waals surface area contributed by atoms with Crippen LogP contribution in [-0.2, 0) is 0 Å². The molecule has 2 rings (SSSR count). The molecular formula is C14H18N2. The molecule has 0 amide bonds. The number of benzene rings is 1. The van der Waals surface area contributed by atoms with E-state index in [1.807, 2.05) is 39.0 Å². The van der Waals surface area contributed by atoms with Crippen molar-refractivity contribution < 1.29 is 0 Å². The number of fused-ring (bicyclic) bond motifs is 1. The maximum atomic E-state index is 5.60. The number of aryl methyl sites for hydroxylation is 1. The van der Waals surface area contributed by atoms with Crippen molar-refractivity contribution in [2.24, 2.45) is 0 Å². The van der Waals surface area contributed by atoms with E-state index in [9.17, 15) is 0 Å². The van der Waals surface area contributed by atoms with Crippen molar-refractivity contribution in [3.8, 4) is 0 Å². The highest BCUT2D eigenvalue weighted by molar-refractivity contribution is 5.80. The maximum absolute atomic E-state index is 5.60. The lowest BCUT2D eigenvalue weighted by Crippen LogP contribution is -1.85. The second-order valence-electron chi connectivity index (χ2n) is 2.72. The van der Waals surface area contributed by atoms with E-state index in [4.69, 9.17) is 5.73 Å². The second kappa shape index (κ2) is 7.30. The monoisotopic (exact) mass is 214 g/mol. The lowest BCUT2D eigenvalue weighted by atomic mass is 10.2. The molecule has 0 bridgehead atoms. The first kappa shape index (κ1) is 14.0. The SMILES string of the molecule is C=C.CC.Cc1c#cc2cc(N)ccc2n1. The summed E-state index contributed by atoms with van der Waals surface area (Å²) in [6.07, 6.45) is 0. The molecule has 1 aromatic heterocycles. The van der Waals surface area contributed by atoms with Crippen LogP contribution in [0.4, 0.5) is 5.69 Å². The van der Waals surface area contributed by atoms with Crippen LogP contribution in [-0.4, -0.2) is 4.98 Å². The van der Waals surface area contributed by atoms with Gasteiger partial charge < -0.3 is 5.73 Å². The number of hydrogen-bond acceptors (Lipinski definition) is 2. The van der Waals surface area contributed by atoms with Gasteiger partial charge in [-0.25, -0.2) is 4.98 Å². The van der Waals surface area contributed by atoms with Crippen LogP contribution in [0.25, 0.3) is 10.9 Å². The smallest absolute Gasteiger partial charge is 0.0879 e. The van der Waals surface area contributed by atoms with Gasteiger partial charge in [0.15, 0.2) is 0 Å². The Labute approximate surface area is 97.8 Å². The zero-order valence-electron chi connectivity index (χ0n) is 10.2. The van der Waals surface area contributed by atoms with Crippen LogP contribution in [0.1, 0.15) is 19.5 Å². The van der Waals surface area contributed by atoms with Crippen molar-refractivity contribution in [3.63, 3.8) is 0 Å². The minimum atomic E-state index is 0.734. The van der Waals surface area contributed by atoms with Crippen LogP contribution in [0, 0.1) is 19.1 Å². The highest BCUT2D eigenvalue weighted by Gasteiger charge is 1.93. The fourth-order valence-electron chi connectivity index (χ4n) is 1.12. The molecule has 2 aromatic rings. The Balaban J connectivity index is 0.000000509. The summed E-state index contributed by atoms with van der Waals surface area (Å²) in [5.41, 5.74) is 8.11. The molecule has 0 fully saturated rings. The summed E-state index contributed by atoms with van der Waals surface area (Å²) in [6, 6.07) is 11.5. The number of nitrogens with two attached hydrogens (primary N) is 1. The van der Waals surface area contributed by atoms with Gasteiger partial charge in [0.25, 0.3) is 0 Å². The molecule has 0 aliphatic heterocycles. The van der Waals surface area contributed by atoms with Gasteiger partial charge in [-0.1, -0.05) is 19.9 Å². The molecule has 1 aromatic carbocycles. The molecule has 0 saturated carbocycles. The first-order valence-corrected chi connectivity index (χ1v) is 5.22. The van der Waals surface area contributed by atoms with E-state index in [0.29, 0.717) is 0 Å². The van der Waals surface area contributed by atoms with Crippen molar-refractivity contribution in [2.45, 2.75) is 20.8 Å². The minimum Gasteiger partial charge on any atom is -0.399 e. The number of hydrogen-bond donors (Lipinski definition) is 1. The molecule has 0 unspecified atom stereocenters. The Morgan fingerprint density at radius 1 is 1.19 bits per heavy atom. The zero-order chi connectivity index (χ0) is 12.6. The number of anilines is 1. The van der Waals surface area contributed by atoms with Crippen LogP contribution in [0.2, 0.25) is 0 Å².